The van der Waals surface area contributed by atoms with E-state index in [9.17, 15) is 5.11 Å². The summed E-state index contributed by atoms with van der Waals surface area (Å²) in [7, 11) is 3.36. The Morgan fingerprint density at radius 2 is 1.66 bits per heavy atom. The lowest BCUT2D eigenvalue weighted by molar-refractivity contribution is 0.244. The van der Waals surface area contributed by atoms with Gasteiger partial charge in [-0.15, -0.1) is 0 Å². The monoisotopic (exact) mass is 392 g/mol. The van der Waals surface area contributed by atoms with Gasteiger partial charge < -0.3 is 20.3 Å². The number of ether oxygens (including phenoxy) is 2. The van der Waals surface area contributed by atoms with Crippen LogP contribution in [0.4, 0.5) is 0 Å². The molecule has 4 rings (SSSR count). The number of hydrogen-bond donors (Lipinski definition) is 2. The molecule has 1 heterocycles. The zero-order chi connectivity index (χ0) is 20.4. The first-order valence-electron chi connectivity index (χ1n) is 9.96. The number of hydrogen-bond acceptors (Lipinski definition) is 5. The number of nitrogens with two attached hydrogens (primary N) is 1. The molecule has 0 radical (unpaired) electrons. The van der Waals surface area contributed by atoms with Crippen LogP contribution in [0.1, 0.15) is 28.3 Å². The molecule has 0 aliphatic carbocycles. The van der Waals surface area contributed by atoms with Gasteiger partial charge in [-0.05, 0) is 63.7 Å². The normalized spacial score (nSPS) is 15.2. The van der Waals surface area contributed by atoms with Gasteiger partial charge in [0.05, 0.1) is 26.9 Å². The maximum absolute atomic E-state index is 9.27. The van der Waals surface area contributed by atoms with Crippen LogP contribution in [0, 0.1) is 0 Å². The number of fused-ring (bicyclic) bond motifs is 2. The molecule has 1 aliphatic heterocycles. The average molecular weight is 392 g/mol. The second kappa shape index (κ2) is 8.41. The third kappa shape index (κ3) is 4.08. The highest BCUT2D eigenvalue weighted by molar-refractivity contribution is 5.84. The van der Waals surface area contributed by atoms with Crippen molar-refractivity contribution in [1.82, 2.24) is 4.90 Å². The largest absolute Gasteiger partial charge is 0.493 e. The van der Waals surface area contributed by atoms with Gasteiger partial charge in [0.2, 0.25) is 0 Å². The Bertz CT molecular complexity index is 1020. The van der Waals surface area contributed by atoms with E-state index < -0.39 is 0 Å². The van der Waals surface area contributed by atoms with Crippen molar-refractivity contribution in [3.05, 3.63) is 70.8 Å². The summed E-state index contributed by atoms with van der Waals surface area (Å²) < 4.78 is 10.9. The first-order chi connectivity index (χ1) is 14.1. The molecule has 0 fully saturated rings. The molecule has 3 N–H and O–H groups in total. The maximum Gasteiger partial charge on any atom is 0.161 e. The van der Waals surface area contributed by atoms with E-state index in [2.05, 4.69) is 47.4 Å². The first kappa shape index (κ1) is 19.7. The quantitative estimate of drug-likeness (QED) is 0.673. The number of nitrogens with zero attached hydrogens (tertiary/aromatic N) is 1. The van der Waals surface area contributed by atoms with Crippen molar-refractivity contribution in [2.45, 2.75) is 25.6 Å². The highest BCUT2D eigenvalue weighted by Gasteiger charge is 2.19. The van der Waals surface area contributed by atoms with Crippen LogP contribution in [0.25, 0.3) is 10.8 Å². The topological polar surface area (TPSA) is 68.0 Å². The molecule has 29 heavy (non-hydrogen) atoms. The lowest BCUT2D eigenvalue weighted by atomic mass is 9.97. The Morgan fingerprint density at radius 1 is 0.966 bits per heavy atom. The number of aliphatic hydroxyl groups excluding tert-OH is 1. The Kier molecular flexibility index (Phi) is 5.72. The van der Waals surface area contributed by atoms with Gasteiger partial charge in [-0.2, -0.15) is 0 Å². The SMILES string of the molecule is COc1cc2c(cc1OC)CN(Cc1ccc3cc(C(N)CO)ccc3c1)CC2. The molecular formula is C24H28N2O3. The summed E-state index contributed by atoms with van der Waals surface area (Å²) in [6.45, 7) is 2.78. The lowest BCUT2D eigenvalue weighted by Gasteiger charge is -2.29. The predicted molar refractivity (Wildman–Crippen MR) is 115 cm³/mol. The van der Waals surface area contributed by atoms with Crippen LogP contribution >= 0.6 is 0 Å². The molecule has 0 bridgehead atoms. The van der Waals surface area contributed by atoms with Crippen LogP contribution in [0.3, 0.4) is 0 Å². The van der Waals surface area contributed by atoms with E-state index in [1.165, 1.54) is 22.1 Å². The summed E-state index contributed by atoms with van der Waals surface area (Å²) in [5.41, 5.74) is 10.8. The molecule has 0 saturated carbocycles. The molecule has 0 aromatic heterocycles. The summed E-state index contributed by atoms with van der Waals surface area (Å²) in [6, 6.07) is 16.6. The average Bonchev–Trinajstić information content (AvgIpc) is 2.77. The van der Waals surface area contributed by atoms with Crippen LogP contribution in [-0.4, -0.2) is 37.4 Å². The van der Waals surface area contributed by atoms with E-state index in [0.717, 1.165) is 48.5 Å². The van der Waals surface area contributed by atoms with Crippen molar-refractivity contribution in [1.29, 1.82) is 0 Å². The van der Waals surface area contributed by atoms with Gasteiger partial charge in [-0.25, -0.2) is 0 Å². The molecule has 1 unspecified atom stereocenters. The zero-order valence-corrected chi connectivity index (χ0v) is 17.0. The Balaban J connectivity index is 1.52. The highest BCUT2D eigenvalue weighted by atomic mass is 16.5. The van der Waals surface area contributed by atoms with Crippen molar-refractivity contribution in [2.75, 3.05) is 27.4 Å². The van der Waals surface area contributed by atoms with Gasteiger partial charge >= 0.3 is 0 Å². The van der Waals surface area contributed by atoms with Crippen molar-refractivity contribution >= 4 is 10.8 Å². The molecule has 5 nitrogen and oxygen atoms in total. The van der Waals surface area contributed by atoms with Crippen LogP contribution in [-0.2, 0) is 19.5 Å². The van der Waals surface area contributed by atoms with Crippen LogP contribution in [0.5, 0.6) is 11.5 Å². The molecule has 3 aromatic rings. The van der Waals surface area contributed by atoms with Gasteiger partial charge in [0, 0.05) is 19.6 Å². The fourth-order valence-corrected chi connectivity index (χ4v) is 4.08. The van der Waals surface area contributed by atoms with Gasteiger partial charge in [-0.1, -0.05) is 24.3 Å². The summed E-state index contributed by atoms with van der Waals surface area (Å²) in [4.78, 5) is 2.46. The number of rotatable bonds is 6. The smallest absolute Gasteiger partial charge is 0.161 e. The third-order valence-electron chi connectivity index (χ3n) is 5.76. The predicted octanol–water partition coefficient (Wildman–Crippen LogP) is 3.41. The fourth-order valence-electron chi connectivity index (χ4n) is 4.08. The Hall–Kier alpha value is -2.60. The van der Waals surface area contributed by atoms with E-state index in [-0.39, 0.29) is 12.6 Å². The van der Waals surface area contributed by atoms with Crippen LogP contribution in [0.15, 0.2) is 48.5 Å². The zero-order valence-electron chi connectivity index (χ0n) is 17.0. The Morgan fingerprint density at radius 3 is 2.38 bits per heavy atom. The third-order valence-corrected chi connectivity index (χ3v) is 5.76. The number of methoxy groups -OCH3 is 2. The summed E-state index contributed by atoms with van der Waals surface area (Å²) in [5, 5.41) is 11.6. The van der Waals surface area contributed by atoms with Gasteiger partial charge in [-0.3, -0.25) is 4.90 Å². The molecule has 152 valence electrons. The summed E-state index contributed by atoms with van der Waals surface area (Å²) >= 11 is 0. The molecule has 0 saturated heterocycles. The Labute approximate surface area is 171 Å². The van der Waals surface area contributed by atoms with E-state index in [0.29, 0.717) is 0 Å². The van der Waals surface area contributed by atoms with Crippen molar-refractivity contribution in [3.8, 4) is 11.5 Å². The number of aliphatic hydroxyl groups is 1. The number of benzene rings is 3. The second-order valence-electron chi connectivity index (χ2n) is 7.67. The van der Waals surface area contributed by atoms with E-state index in [1.807, 2.05) is 6.07 Å². The van der Waals surface area contributed by atoms with Crippen LogP contribution in [0.2, 0.25) is 0 Å². The van der Waals surface area contributed by atoms with Gasteiger partial charge in [0.15, 0.2) is 11.5 Å². The molecule has 0 spiro atoms. The second-order valence-corrected chi connectivity index (χ2v) is 7.67. The molecule has 3 aromatic carbocycles. The molecular weight excluding hydrogens is 364 g/mol. The van der Waals surface area contributed by atoms with E-state index in [4.69, 9.17) is 15.2 Å². The minimum atomic E-state index is -0.330. The highest BCUT2D eigenvalue weighted by Crippen LogP contribution is 2.33. The lowest BCUT2D eigenvalue weighted by Crippen LogP contribution is -2.30. The van der Waals surface area contributed by atoms with E-state index >= 15 is 0 Å². The maximum atomic E-state index is 9.27. The van der Waals surface area contributed by atoms with Crippen molar-refractivity contribution < 1.29 is 14.6 Å². The van der Waals surface area contributed by atoms with E-state index in [1.54, 1.807) is 14.2 Å². The summed E-state index contributed by atoms with van der Waals surface area (Å²) in [6.07, 6.45) is 1.01. The molecule has 0 amide bonds. The van der Waals surface area contributed by atoms with Crippen LogP contribution < -0.4 is 15.2 Å². The minimum absolute atomic E-state index is 0.0450. The molecule has 5 heteroatoms. The minimum Gasteiger partial charge on any atom is -0.493 e. The molecule has 1 atom stereocenters. The standard InChI is InChI=1S/C24H28N2O3/c1-28-23-11-19-7-8-26(14-21(19)12-24(23)29-2)13-16-3-4-18-10-20(22(25)15-27)6-5-17(18)9-16/h3-6,9-12,22,27H,7-8,13-15,25H2,1-2H3. The van der Waals surface area contributed by atoms with Crippen molar-refractivity contribution in [3.63, 3.8) is 0 Å². The van der Waals surface area contributed by atoms with Gasteiger partial charge in [0.25, 0.3) is 0 Å². The first-order valence-corrected chi connectivity index (χ1v) is 9.96. The fraction of sp³-hybridized carbons (Fsp3) is 0.333. The van der Waals surface area contributed by atoms with Gasteiger partial charge in [0.1, 0.15) is 0 Å². The van der Waals surface area contributed by atoms with Crippen molar-refractivity contribution in [2.24, 2.45) is 5.73 Å². The summed E-state index contributed by atoms with van der Waals surface area (Å²) in [5.74, 6) is 1.59. The molecule has 1 aliphatic rings.